The first-order valence-corrected chi connectivity index (χ1v) is 9.66. The fourth-order valence-corrected chi connectivity index (χ4v) is 3.21. The zero-order chi connectivity index (χ0) is 10.6. The van der Waals surface area contributed by atoms with Crippen LogP contribution in [0.4, 0.5) is 0 Å². The van der Waals surface area contributed by atoms with E-state index in [1.807, 2.05) is 0 Å². The van der Waals surface area contributed by atoms with Gasteiger partial charge in [-0.25, -0.2) is 0 Å². The molecule has 6 heteroatoms. The van der Waals surface area contributed by atoms with Crippen LogP contribution >= 0.6 is 0 Å². The molecule has 0 aromatic rings. The van der Waals surface area contributed by atoms with Crippen LogP contribution in [-0.4, -0.2) is 53.4 Å². The van der Waals surface area contributed by atoms with Crippen LogP contribution in [0.25, 0.3) is 0 Å². The fraction of sp³-hybridized carbons (Fsp3) is 0.857. The molecule has 78 valence electrons. The number of aliphatic hydroxyl groups is 3. The minimum atomic E-state index is -3.04. The molecule has 3 unspecified atom stereocenters. The summed E-state index contributed by atoms with van der Waals surface area (Å²) >= 11 is -3.04. The van der Waals surface area contributed by atoms with Gasteiger partial charge < -0.3 is 0 Å². The van der Waals surface area contributed by atoms with Gasteiger partial charge in [-0.3, -0.25) is 0 Å². The van der Waals surface area contributed by atoms with Crippen LogP contribution < -0.4 is 0 Å². The molecule has 0 aromatic carbocycles. The zero-order valence-corrected chi connectivity index (χ0v) is 9.50. The number of hydrogen-bond acceptors (Lipinski definition) is 5. The average molecular weight is 254 g/mol. The number of aldehydes is 1. The minimum absolute atomic E-state index is 0.0513. The molecule has 13 heavy (non-hydrogen) atoms. The Balaban J connectivity index is 4.18. The Hall–Kier alpha value is -0.0916. The summed E-state index contributed by atoms with van der Waals surface area (Å²) in [6.45, 7) is 0. The van der Waals surface area contributed by atoms with Crippen molar-refractivity contribution in [3.05, 3.63) is 0 Å². The van der Waals surface area contributed by atoms with Crippen LogP contribution in [0.1, 0.15) is 0 Å². The van der Waals surface area contributed by atoms with E-state index in [9.17, 15) is 13.6 Å². The molecule has 0 spiro atoms. The molecule has 0 bridgehead atoms. The van der Waals surface area contributed by atoms with Crippen LogP contribution in [0.3, 0.4) is 0 Å². The van der Waals surface area contributed by atoms with Crippen LogP contribution in [0.2, 0.25) is 16.6 Å². The van der Waals surface area contributed by atoms with Gasteiger partial charge in [-0.1, -0.05) is 0 Å². The van der Waals surface area contributed by atoms with Crippen molar-refractivity contribution < 1.29 is 23.9 Å². The molecule has 0 heterocycles. The Bertz CT molecular complexity index is 211. The van der Waals surface area contributed by atoms with Crippen LogP contribution in [0.5, 0.6) is 0 Å². The summed E-state index contributed by atoms with van der Waals surface area (Å²) in [5, 5.41) is 27.1. The quantitative estimate of drug-likeness (QED) is 0.428. The maximum atomic E-state index is 11.3. The molecule has 0 aliphatic heterocycles. The van der Waals surface area contributed by atoms with E-state index in [2.05, 4.69) is 0 Å². The van der Waals surface area contributed by atoms with Crippen molar-refractivity contribution in [2.45, 2.75) is 34.9 Å². The van der Waals surface area contributed by atoms with Crippen molar-refractivity contribution in [3.8, 4) is 0 Å². The third-order valence-corrected chi connectivity index (χ3v) is 4.14. The first-order chi connectivity index (χ1) is 5.78. The number of carbonyl (C=O) groups excluding carboxylic acids is 1. The second-order valence-corrected chi connectivity index (χ2v) is 10.8. The number of hydrogen-bond donors (Lipinski definition) is 3. The standard InChI is InChI=1S/C7H15AsO5/c1-8(2,13)3-5(10)7(12)6(11)4-9/h4-7,10-12H,3H2,1-2H3. The third-order valence-electron chi connectivity index (χ3n) is 1.51. The van der Waals surface area contributed by atoms with E-state index in [-0.39, 0.29) is 11.5 Å². The summed E-state index contributed by atoms with van der Waals surface area (Å²) in [6, 6.07) is 0. The van der Waals surface area contributed by atoms with Gasteiger partial charge in [0, 0.05) is 0 Å². The van der Waals surface area contributed by atoms with Gasteiger partial charge in [0.2, 0.25) is 0 Å². The van der Waals surface area contributed by atoms with Gasteiger partial charge >= 0.3 is 78.6 Å². The molecule has 0 saturated heterocycles. The van der Waals surface area contributed by atoms with E-state index in [4.69, 9.17) is 10.2 Å². The predicted octanol–water partition coefficient (Wildman–Crippen LogP) is -1.10. The molecule has 3 N–H and O–H groups in total. The van der Waals surface area contributed by atoms with E-state index in [0.29, 0.717) is 0 Å². The average Bonchev–Trinajstić information content (AvgIpc) is 1.98. The third kappa shape index (κ3) is 5.26. The first-order valence-electron chi connectivity index (χ1n) is 3.81. The zero-order valence-electron chi connectivity index (χ0n) is 7.62. The van der Waals surface area contributed by atoms with E-state index < -0.39 is 31.8 Å². The van der Waals surface area contributed by atoms with Gasteiger partial charge in [-0.15, -0.1) is 0 Å². The van der Waals surface area contributed by atoms with Crippen molar-refractivity contribution in [2.75, 3.05) is 0 Å². The Labute approximate surface area is 79.1 Å². The number of rotatable bonds is 5. The molecule has 3 atom stereocenters. The normalized spacial score (nSPS) is 19.2. The molecular weight excluding hydrogens is 239 g/mol. The van der Waals surface area contributed by atoms with E-state index in [1.165, 1.54) is 11.4 Å². The molecule has 0 fully saturated rings. The molecule has 0 radical (unpaired) electrons. The maximum absolute atomic E-state index is 11.3. The molecule has 0 rings (SSSR count). The number of carbonyl (C=O) groups is 1. The van der Waals surface area contributed by atoms with Crippen LogP contribution in [-0.2, 0) is 8.53 Å². The summed E-state index contributed by atoms with van der Waals surface area (Å²) in [4.78, 5) is 10.0. The molecule has 0 aliphatic carbocycles. The number of aliphatic hydroxyl groups excluding tert-OH is 3. The van der Waals surface area contributed by atoms with Crippen LogP contribution in [0, 0.1) is 0 Å². The second-order valence-electron chi connectivity index (χ2n) is 3.44. The topological polar surface area (TPSA) is 94.8 Å². The summed E-state index contributed by atoms with van der Waals surface area (Å²) in [5.74, 6) is 0. The molecule has 0 amide bonds. The molecule has 0 aromatic heterocycles. The SMILES string of the molecule is C[As](C)(=O)CC(O)C(O)C(O)C=O. The van der Waals surface area contributed by atoms with Crippen molar-refractivity contribution in [1.82, 2.24) is 0 Å². The monoisotopic (exact) mass is 254 g/mol. The van der Waals surface area contributed by atoms with Gasteiger partial charge in [-0.2, -0.15) is 0 Å². The van der Waals surface area contributed by atoms with Gasteiger partial charge in [0.05, 0.1) is 0 Å². The summed E-state index contributed by atoms with van der Waals surface area (Å²) < 4.78 is 11.3. The van der Waals surface area contributed by atoms with Gasteiger partial charge in [-0.05, 0) is 0 Å². The van der Waals surface area contributed by atoms with Crippen molar-refractivity contribution >= 4 is 19.8 Å². The summed E-state index contributed by atoms with van der Waals surface area (Å²) in [6.07, 6.45) is -4.33. The first kappa shape index (κ1) is 12.9. The van der Waals surface area contributed by atoms with E-state index in [0.717, 1.165) is 0 Å². The Kier molecular flexibility index (Phi) is 4.92. The summed E-state index contributed by atoms with van der Waals surface area (Å²) in [7, 11) is 0. The second kappa shape index (κ2) is 4.96. The van der Waals surface area contributed by atoms with E-state index in [1.54, 1.807) is 0 Å². The van der Waals surface area contributed by atoms with Crippen molar-refractivity contribution in [1.29, 1.82) is 0 Å². The molecule has 5 nitrogen and oxygen atoms in total. The summed E-state index contributed by atoms with van der Waals surface area (Å²) in [5.41, 5.74) is 3.03. The molecular formula is C7H15AsO5. The van der Waals surface area contributed by atoms with Crippen LogP contribution in [0.15, 0.2) is 0 Å². The Morgan fingerprint density at radius 2 is 1.77 bits per heavy atom. The Morgan fingerprint density at radius 1 is 1.31 bits per heavy atom. The van der Waals surface area contributed by atoms with Gasteiger partial charge in [0.1, 0.15) is 0 Å². The fourth-order valence-electron chi connectivity index (χ4n) is 0.867. The van der Waals surface area contributed by atoms with Gasteiger partial charge in [0.15, 0.2) is 0 Å². The Morgan fingerprint density at radius 3 is 2.08 bits per heavy atom. The molecule has 0 saturated carbocycles. The van der Waals surface area contributed by atoms with Crippen molar-refractivity contribution in [2.24, 2.45) is 0 Å². The molecule has 0 aliphatic rings. The van der Waals surface area contributed by atoms with Crippen molar-refractivity contribution in [3.63, 3.8) is 0 Å². The van der Waals surface area contributed by atoms with Gasteiger partial charge in [0.25, 0.3) is 0 Å². The predicted molar refractivity (Wildman–Crippen MR) is 47.1 cm³/mol. The van der Waals surface area contributed by atoms with E-state index >= 15 is 0 Å².